The van der Waals surface area contributed by atoms with Crippen molar-refractivity contribution in [2.75, 3.05) is 13.2 Å². The first-order valence-corrected chi connectivity index (χ1v) is 12.6. The third-order valence-electron chi connectivity index (χ3n) is 5.83. The summed E-state index contributed by atoms with van der Waals surface area (Å²) in [7, 11) is 0. The number of nitrogens with one attached hydrogen (secondary N) is 2. The summed E-state index contributed by atoms with van der Waals surface area (Å²) in [4.78, 5) is 38.0. The SMILES string of the molecule is C=CCCC(=O)OC[C@H](Cc1ccccc1)NC(=O)[C@H](CC=C)CC(=O)N[C@@H](CO)Cc1ccccc1. The quantitative estimate of drug-likeness (QED) is 0.225. The molecule has 2 rings (SSSR count). The van der Waals surface area contributed by atoms with Gasteiger partial charge in [0, 0.05) is 12.8 Å². The predicted octanol–water partition coefficient (Wildman–Crippen LogP) is 3.53. The lowest BCUT2D eigenvalue weighted by Gasteiger charge is -2.23. The van der Waals surface area contributed by atoms with Gasteiger partial charge in [0.1, 0.15) is 6.61 Å². The van der Waals surface area contributed by atoms with Crippen LogP contribution in [0.1, 0.15) is 36.8 Å². The van der Waals surface area contributed by atoms with Gasteiger partial charge in [-0.25, -0.2) is 0 Å². The van der Waals surface area contributed by atoms with Crippen LogP contribution in [0, 0.1) is 5.92 Å². The number of hydrogen-bond donors (Lipinski definition) is 3. The number of amides is 2. The van der Waals surface area contributed by atoms with Crippen molar-refractivity contribution in [1.29, 1.82) is 0 Å². The van der Waals surface area contributed by atoms with Gasteiger partial charge >= 0.3 is 5.97 Å². The Morgan fingerprint density at radius 1 is 0.865 bits per heavy atom. The zero-order valence-corrected chi connectivity index (χ0v) is 21.3. The van der Waals surface area contributed by atoms with Crippen molar-refractivity contribution in [2.45, 2.75) is 50.6 Å². The molecule has 0 saturated carbocycles. The molecule has 0 aliphatic carbocycles. The lowest BCUT2D eigenvalue weighted by Crippen LogP contribution is -2.45. The van der Waals surface area contributed by atoms with Crippen LogP contribution in [0.5, 0.6) is 0 Å². The zero-order valence-electron chi connectivity index (χ0n) is 21.3. The van der Waals surface area contributed by atoms with Crippen molar-refractivity contribution in [2.24, 2.45) is 5.92 Å². The van der Waals surface area contributed by atoms with E-state index in [1.54, 1.807) is 12.2 Å². The minimum atomic E-state index is -0.650. The van der Waals surface area contributed by atoms with Crippen molar-refractivity contribution in [3.05, 3.63) is 97.1 Å². The van der Waals surface area contributed by atoms with E-state index in [2.05, 4.69) is 23.8 Å². The normalized spacial score (nSPS) is 13.0. The summed E-state index contributed by atoms with van der Waals surface area (Å²) >= 11 is 0. The second-order valence-corrected chi connectivity index (χ2v) is 8.97. The lowest BCUT2D eigenvalue weighted by molar-refractivity contribution is -0.145. The minimum Gasteiger partial charge on any atom is -0.463 e. The summed E-state index contributed by atoms with van der Waals surface area (Å²) in [5.74, 6) is -1.65. The number of carbonyl (C=O) groups excluding carboxylic acids is 3. The highest BCUT2D eigenvalue weighted by Crippen LogP contribution is 2.13. The summed E-state index contributed by atoms with van der Waals surface area (Å²) in [5.41, 5.74) is 1.98. The van der Waals surface area contributed by atoms with Crippen LogP contribution < -0.4 is 10.6 Å². The van der Waals surface area contributed by atoms with E-state index in [0.717, 1.165) is 11.1 Å². The summed E-state index contributed by atoms with van der Waals surface area (Å²) in [6.07, 6.45) is 5.20. The number of esters is 1. The van der Waals surface area contributed by atoms with Crippen LogP contribution in [0.25, 0.3) is 0 Å². The molecule has 3 atom stereocenters. The van der Waals surface area contributed by atoms with Crippen molar-refractivity contribution in [1.82, 2.24) is 10.6 Å². The number of aliphatic hydroxyl groups excluding tert-OH is 1. The van der Waals surface area contributed by atoms with Crippen LogP contribution in [-0.2, 0) is 32.0 Å². The molecule has 0 aromatic heterocycles. The van der Waals surface area contributed by atoms with Gasteiger partial charge in [0.25, 0.3) is 0 Å². The van der Waals surface area contributed by atoms with Crippen LogP contribution in [0.15, 0.2) is 86.0 Å². The van der Waals surface area contributed by atoms with Gasteiger partial charge in [0.2, 0.25) is 11.8 Å². The maximum absolute atomic E-state index is 13.2. The number of aliphatic hydroxyl groups is 1. The highest BCUT2D eigenvalue weighted by atomic mass is 16.5. The third kappa shape index (κ3) is 11.7. The molecule has 0 saturated heterocycles. The Kier molecular flexibility index (Phi) is 13.5. The van der Waals surface area contributed by atoms with Gasteiger partial charge in [-0.2, -0.15) is 0 Å². The van der Waals surface area contributed by atoms with Crippen molar-refractivity contribution >= 4 is 17.8 Å². The van der Waals surface area contributed by atoms with Crippen LogP contribution in [0.4, 0.5) is 0 Å². The van der Waals surface area contributed by atoms with Gasteiger partial charge in [0.15, 0.2) is 0 Å². The van der Waals surface area contributed by atoms with Crippen LogP contribution >= 0.6 is 0 Å². The molecule has 0 aliphatic rings. The Labute approximate surface area is 219 Å². The van der Waals surface area contributed by atoms with Gasteiger partial charge < -0.3 is 20.5 Å². The fraction of sp³-hybridized carbons (Fsp3) is 0.367. The van der Waals surface area contributed by atoms with E-state index in [1.807, 2.05) is 60.7 Å². The van der Waals surface area contributed by atoms with E-state index in [0.29, 0.717) is 25.7 Å². The first-order valence-electron chi connectivity index (χ1n) is 12.6. The molecule has 3 N–H and O–H groups in total. The number of benzene rings is 2. The molecule has 2 amide bonds. The zero-order chi connectivity index (χ0) is 26.9. The molecule has 7 nitrogen and oxygen atoms in total. The van der Waals surface area contributed by atoms with Crippen LogP contribution in [0.3, 0.4) is 0 Å². The first-order chi connectivity index (χ1) is 17.9. The molecule has 0 bridgehead atoms. The highest BCUT2D eigenvalue weighted by Gasteiger charge is 2.25. The monoisotopic (exact) mass is 506 g/mol. The molecule has 37 heavy (non-hydrogen) atoms. The maximum atomic E-state index is 13.2. The van der Waals surface area contributed by atoms with Crippen LogP contribution in [-0.4, -0.2) is 48.2 Å². The third-order valence-corrected chi connectivity index (χ3v) is 5.83. The lowest BCUT2D eigenvalue weighted by atomic mass is 9.98. The Bertz CT molecular complexity index is 994. The molecular weight excluding hydrogens is 468 g/mol. The van der Waals surface area contributed by atoms with E-state index >= 15 is 0 Å². The minimum absolute atomic E-state index is 0.0211. The molecule has 0 aliphatic heterocycles. The molecule has 2 aromatic carbocycles. The molecule has 0 fully saturated rings. The van der Waals surface area contributed by atoms with E-state index in [9.17, 15) is 19.5 Å². The Morgan fingerprint density at radius 2 is 1.46 bits per heavy atom. The summed E-state index contributed by atoms with van der Waals surface area (Å²) < 4.78 is 5.40. The van der Waals surface area contributed by atoms with Crippen molar-refractivity contribution in [3.8, 4) is 0 Å². The molecule has 7 heteroatoms. The summed E-state index contributed by atoms with van der Waals surface area (Å²) in [6.45, 7) is 7.15. The second kappa shape index (κ2) is 16.9. The number of rotatable bonds is 17. The van der Waals surface area contributed by atoms with Crippen molar-refractivity contribution < 1.29 is 24.2 Å². The van der Waals surface area contributed by atoms with E-state index in [1.165, 1.54) is 0 Å². The molecule has 0 heterocycles. The van der Waals surface area contributed by atoms with Gasteiger partial charge in [-0.05, 0) is 36.8 Å². The molecule has 198 valence electrons. The Morgan fingerprint density at radius 3 is 2.00 bits per heavy atom. The van der Waals surface area contributed by atoms with E-state index < -0.39 is 18.0 Å². The number of ether oxygens (including phenoxy) is 1. The fourth-order valence-electron chi connectivity index (χ4n) is 3.91. The topological polar surface area (TPSA) is 105 Å². The van der Waals surface area contributed by atoms with Gasteiger partial charge in [-0.1, -0.05) is 72.8 Å². The molecule has 0 radical (unpaired) electrons. The Balaban J connectivity index is 2.01. The average Bonchev–Trinajstić information content (AvgIpc) is 2.91. The highest BCUT2D eigenvalue weighted by molar-refractivity contribution is 5.86. The number of hydrogen-bond acceptors (Lipinski definition) is 5. The number of carbonyl (C=O) groups is 3. The molecule has 0 spiro atoms. The van der Waals surface area contributed by atoms with Crippen LogP contribution in [0.2, 0.25) is 0 Å². The second-order valence-electron chi connectivity index (χ2n) is 8.97. The van der Waals surface area contributed by atoms with Gasteiger partial charge in [0.05, 0.1) is 24.6 Å². The smallest absolute Gasteiger partial charge is 0.306 e. The van der Waals surface area contributed by atoms with E-state index in [-0.39, 0.29) is 43.8 Å². The molecule has 0 unspecified atom stereocenters. The standard InChI is InChI=1S/C30H38N2O5/c1-3-5-17-29(35)37-22-27(19-24-15-10-7-11-16-24)32-30(36)25(12-4-2)20-28(34)31-26(21-33)18-23-13-8-6-9-14-23/h3-4,6-11,13-16,25-27,33H,1-2,5,12,17-22H2,(H,31,34)(H,32,36)/t25-,26-,27+/m1/s1. The fourth-order valence-corrected chi connectivity index (χ4v) is 3.91. The van der Waals surface area contributed by atoms with Gasteiger partial charge in [-0.3, -0.25) is 14.4 Å². The molecule has 2 aromatic rings. The van der Waals surface area contributed by atoms with Gasteiger partial charge in [-0.15, -0.1) is 13.2 Å². The summed E-state index contributed by atoms with van der Waals surface area (Å²) in [6, 6.07) is 18.3. The van der Waals surface area contributed by atoms with Crippen molar-refractivity contribution in [3.63, 3.8) is 0 Å². The first kappa shape index (κ1) is 29.5. The molecular formula is C30H38N2O5. The maximum Gasteiger partial charge on any atom is 0.306 e. The number of allylic oxidation sites excluding steroid dienone is 2. The predicted molar refractivity (Wildman–Crippen MR) is 145 cm³/mol. The average molecular weight is 507 g/mol. The summed E-state index contributed by atoms with van der Waals surface area (Å²) in [5, 5.41) is 15.5. The van der Waals surface area contributed by atoms with E-state index in [4.69, 9.17) is 4.74 Å². The largest absolute Gasteiger partial charge is 0.463 e. The Hall–Kier alpha value is -3.71.